The number of amides is 2. The smallest absolute Gasteiger partial charge is 0.320 e. The Morgan fingerprint density at radius 2 is 2.24 bits per heavy atom. The van der Waals surface area contributed by atoms with Crippen molar-refractivity contribution in [3.63, 3.8) is 0 Å². The topological polar surface area (TPSA) is 96.3 Å². The van der Waals surface area contributed by atoms with E-state index in [4.69, 9.17) is 16.7 Å². The number of aryl methyl sites for hydroxylation is 1. The molecule has 2 aromatic heterocycles. The van der Waals surface area contributed by atoms with Crippen LogP contribution in [0.2, 0.25) is 4.34 Å². The van der Waals surface area contributed by atoms with Gasteiger partial charge < -0.3 is 10.4 Å². The molecule has 0 radical (unpaired) electrons. The van der Waals surface area contributed by atoms with Crippen LogP contribution >= 0.6 is 22.9 Å². The molecular formula is C12H13ClN4O3S. The molecule has 0 aliphatic rings. The van der Waals surface area contributed by atoms with Crippen molar-refractivity contribution in [1.82, 2.24) is 15.1 Å². The van der Waals surface area contributed by atoms with Gasteiger partial charge in [-0.25, -0.2) is 4.79 Å². The molecule has 2 amide bonds. The van der Waals surface area contributed by atoms with E-state index in [9.17, 15) is 9.59 Å². The predicted molar refractivity (Wildman–Crippen MR) is 80.8 cm³/mol. The molecule has 0 spiro atoms. The minimum atomic E-state index is -0.965. The van der Waals surface area contributed by atoms with Crippen LogP contribution < -0.4 is 10.6 Å². The average Bonchev–Trinajstić information content (AvgIpc) is 2.96. The minimum absolute atomic E-state index is 0.0619. The Labute approximate surface area is 129 Å². The SMILES string of the molecule is Cn1nc(-c2ccc(Cl)s2)cc1NC(=O)NCCC(=O)O. The summed E-state index contributed by atoms with van der Waals surface area (Å²) < 4.78 is 2.19. The fourth-order valence-electron chi connectivity index (χ4n) is 1.60. The van der Waals surface area contributed by atoms with Crippen LogP contribution in [0.25, 0.3) is 10.6 Å². The monoisotopic (exact) mass is 328 g/mol. The van der Waals surface area contributed by atoms with Crippen LogP contribution in [0.15, 0.2) is 18.2 Å². The number of rotatable bonds is 5. The van der Waals surface area contributed by atoms with Crippen LogP contribution in [0.4, 0.5) is 10.6 Å². The summed E-state index contributed by atoms with van der Waals surface area (Å²) >= 11 is 7.28. The van der Waals surface area contributed by atoms with Gasteiger partial charge in [-0.15, -0.1) is 11.3 Å². The van der Waals surface area contributed by atoms with Crippen LogP contribution in [-0.4, -0.2) is 33.4 Å². The maximum Gasteiger partial charge on any atom is 0.320 e. The number of nitrogens with zero attached hydrogens (tertiary/aromatic N) is 2. The Morgan fingerprint density at radius 3 is 2.86 bits per heavy atom. The van der Waals surface area contributed by atoms with E-state index in [2.05, 4.69) is 15.7 Å². The fraction of sp³-hybridized carbons (Fsp3) is 0.250. The molecule has 0 aliphatic carbocycles. The standard InChI is InChI=1S/C12H13ClN4O3S/c1-17-10(15-12(20)14-5-4-11(18)19)6-7(16-17)8-2-3-9(13)21-8/h2-3,6H,4-5H2,1H3,(H,18,19)(H2,14,15,20). The number of aliphatic carboxylic acids is 1. The van der Waals surface area contributed by atoms with Crippen molar-refractivity contribution in [2.45, 2.75) is 6.42 Å². The quantitative estimate of drug-likeness (QED) is 0.785. The lowest BCUT2D eigenvalue weighted by Gasteiger charge is -2.05. The zero-order valence-electron chi connectivity index (χ0n) is 11.1. The van der Waals surface area contributed by atoms with E-state index in [1.165, 1.54) is 16.0 Å². The summed E-state index contributed by atoms with van der Waals surface area (Å²) in [7, 11) is 1.70. The zero-order valence-corrected chi connectivity index (χ0v) is 12.7. The van der Waals surface area contributed by atoms with Crippen molar-refractivity contribution in [2.24, 2.45) is 7.05 Å². The van der Waals surface area contributed by atoms with Gasteiger partial charge in [0.25, 0.3) is 0 Å². The summed E-state index contributed by atoms with van der Waals surface area (Å²) in [5.74, 6) is -0.463. The van der Waals surface area contributed by atoms with Gasteiger partial charge in [0.05, 0.1) is 15.6 Å². The van der Waals surface area contributed by atoms with Gasteiger partial charge in [-0.3, -0.25) is 14.8 Å². The first-order chi connectivity index (χ1) is 9.95. The van der Waals surface area contributed by atoms with E-state index in [0.717, 1.165) is 4.88 Å². The van der Waals surface area contributed by atoms with Gasteiger partial charge in [0, 0.05) is 19.7 Å². The number of carboxylic acid groups (broad SMARTS) is 1. The highest BCUT2D eigenvalue weighted by atomic mass is 35.5. The molecule has 0 aromatic carbocycles. The number of carboxylic acids is 1. The van der Waals surface area contributed by atoms with Crippen molar-refractivity contribution in [3.05, 3.63) is 22.5 Å². The molecule has 112 valence electrons. The molecule has 2 rings (SSSR count). The first kappa shape index (κ1) is 15.3. The van der Waals surface area contributed by atoms with Gasteiger partial charge in [-0.2, -0.15) is 5.10 Å². The molecule has 0 unspecified atom stereocenters. The second-order valence-corrected chi connectivity index (χ2v) is 5.88. The third kappa shape index (κ3) is 4.20. The molecule has 9 heteroatoms. The fourth-order valence-corrected chi connectivity index (χ4v) is 2.60. The van der Waals surface area contributed by atoms with E-state index < -0.39 is 12.0 Å². The number of hydrogen-bond donors (Lipinski definition) is 3. The average molecular weight is 329 g/mol. The molecule has 0 atom stereocenters. The summed E-state index contributed by atoms with van der Waals surface area (Å²) in [4.78, 5) is 22.9. The molecule has 2 heterocycles. The number of carbonyl (C=O) groups excluding carboxylic acids is 1. The third-order valence-corrected chi connectivity index (χ3v) is 3.83. The number of halogens is 1. The normalized spacial score (nSPS) is 10.4. The van der Waals surface area contributed by atoms with Crippen LogP contribution in [-0.2, 0) is 11.8 Å². The maximum absolute atomic E-state index is 11.6. The molecule has 0 saturated heterocycles. The molecule has 7 nitrogen and oxygen atoms in total. The van der Waals surface area contributed by atoms with Crippen molar-refractivity contribution in [1.29, 1.82) is 0 Å². The van der Waals surface area contributed by atoms with E-state index in [1.807, 2.05) is 6.07 Å². The number of anilines is 1. The number of nitrogens with one attached hydrogen (secondary N) is 2. The first-order valence-electron chi connectivity index (χ1n) is 6.02. The van der Waals surface area contributed by atoms with Crippen LogP contribution in [0.3, 0.4) is 0 Å². The summed E-state index contributed by atoms with van der Waals surface area (Å²) in [6, 6.07) is 4.88. The summed E-state index contributed by atoms with van der Waals surface area (Å²) in [5.41, 5.74) is 0.704. The van der Waals surface area contributed by atoms with E-state index in [1.54, 1.807) is 19.2 Å². The molecule has 3 N–H and O–H groups in total. The summed E-state index contributed by atoms with van der Waals surface area (Å²) in [5, 5.41) is 17.8. The first-order valence-corrected chi connectivity index (χ1v) is 7.21. The number of carbonyl (C=O) groups is 2. The van der Waals surface area contributed by atoms with Gasteiger partial charge in [0.15, 0.2) is 0 Å². The maximum atomic E-state index is 11.6. The Bertz CT molecular complexity index is 667. The van der Waals surface area contributed by atoms with E-state index in [-0.39, 0.29) is 13.0 Å². The molecule has 0 fully saturated rings. The number of hydrogen-bond acceptors (Lipinski definition) is 4. The molecule has 2 aromatic rings. The zero-order chi connectivity index (χ0) is 15.4. The van der Waals surface area contributed by atoms with Crippen LogP contribution in [0.5, 0.6) is 0 Å². The van der Waals surface area contributed by atoms with Gasteiger partial charge >= 0.3 is 12.0 Å². The Balaban J connectivity index is 1.99. The number of thiophene rings is 1. The van der Waals surface area contributed by atoms with Crippen molar-refractivity contribution >= 4 is 40.8 Å². The molecular weight excluding hydrogens is 316 g/mol. The van der Waals surface area contributed by atoms with Gasteiger partial charge in [-0.1, -0.05) is 11.6 Å². The molecule has 0 aliphatic heterocycles. The Hall–Kier alpha value is -2.06. The van der Waals surface area contributed by atoms with Gasteiger partial charge in [0.2, 0.25) is 0 Å². The van der Waals surface area contributed by atoms with Crippen molar-refractivity contribution in [2.75, 3.05) is 11.9 Å². The summed E-state index contributed by atoms with van der Waals surface area (Å²) in [6.07, 6.45) is -0.127. The highest BCUT2D eigenvalue weighted by molar-refractivity contribution is 7.19. The van der Waals surface area contributed by atoms with Crippen molar-refractivity contribution in [3.8, 4) is 10.6 Å². The molecule has 0 bridgehead atoms. The molecule has 21 heavy (non-hydrogen) atoms. The minimum Gasteiger partial charge on any atom is -0.481 e. The lowest BCUT2D eigenvalue weighted by molar-refractivity contribution is -0.136. The largest absolute Gasteiger partial charge is 0.481 e. The predicted octanol–water partition coefficient (Wildman–Crippen LogP) is 2.40. The number of urea groups is 1. The summed E-state index contributed by atoms with van der Waals surface area (Å²) in [6.45, 7) is 0.0619. The Kier molecular flexibility index (Phi) is 4.81. The third-order valence-electron chi connectivity index (χ3n) is 2.57. The molecule has 0 saturated carbocycles. The van der Waals surface area contributed by atoms with E-state index in [0.29, 0.717) is 15.8 Å². The highest BCUT2D eigenvalue weighted by Gasteiger charge is 2.11. The van der Waals surface area contributed by atoms with E-state index >= 15 is 0 Å². The van der Waals surface area contributed by atoms with Crippen LogP contribution in [0, 0.1) is 0 Å². The highest BCUT2D eigenvalue weighted by Crippen LogP contribution is 2.31. The van der Waals surface area contributed by atoms with Crippen molar-refractivity contribution < 1.29 is 14.7 Å². The van der Waals surface area contributed by atoms with Crippen LogP contribution in [0.1, 0.15) is 6.42 Å². The number of aromatic nitrogens is 2. The lowest BCUT2D eigenvalue weighted by atomic mass is 10.3. The van der Waals surface area contributed by atoms with Gasteiger partial charge in [0.1, 0.15) is 11.5 Å². The second-order valence-electron chi connectivity index (χ2n) is 4.17. The lowest BCUT2D eigenvalue weighted by Crippen LogP contribution is -2.31. The Morgan fingerprint density at radius 1 is 1.48 bits per heavy atom. The van der Waals surface area contributed by atoms with Gasteiger partial charge in [-0.05, 0) is 12.1 Å². The second kappa shape index (κ2) is 6.59.